The lowest BCUT2D eigenvalue weighted by molar-refractivity contribution is -0.140. The first-order chi connectivity index (χ1) is 16.0. The van der Waals surface area contributed by atoms with Gasteiger partial charge in [-0.15, -0.1) is 0 Å². The minimum atomic E-state index is -0.630. The van der Waals surface area contributed by atoms with Crippen molar-refractivity contribution in [3.8, 4) is 5.75 Å². The molecule has 5 nitrogen and oxygen atoms in total. The smallest absolute Gasteiger partial charge is 0.243 e. The van der Waals surface area contributed by atoms with Crippen LogP contribution in [0.5, 0.6) is 5.75 Å². The molecule has 1 N–H and O–H groups in total. The van der Waals surface area contributed by atoms with Gasteiger partial charge in [0, 0.05) is 19.5 Å². The minimum absolute atomic E-state index is 0.0840. The number of carbonyl (C=O) groups is 2. The van der Waals surface area contributed by atoms with E-state index in [-0.39, 0.29) is 18.2 Å². The van der Waals surface area contributed by atoms with E-state index in [1.807, 2.05) is 92.7 Å². The quantitative estimate of drug-likeness (QED) is 0.507. The number of carbonyl (C=O) groups excluding carboxylic acids is 2. The number of aryl methyl sites for hydroxylation is 1. The van der Waals surface area contributed by atoms with Crippen molar-refractivity contribution in [2.24, 2.45) is 0 Å². The maximum atomic E-state index is 13.7. The van der Waals surface area contributed by atoms with Crippen LogP contribution in [0.25, 0.3) is 0 Å². The summed E-state index contributed by atoms with van der Waals surface area (Å²) < 4.78 is 5.37. The van der Waals surface area contributed by atoms with Crippen LogP contribution in [-0.2, 0) is 29.0 Å². The van der Waals surface area contributed by atoms with Crippen LogP contribution in [0, 0.1) is 6.92 Å². The molecule has 5 heteroatoms. The molecule has 0 saturated heterocycles. The third-order valence-corrected chi connectivity index (χ3v) is 5.71. The van der Waals surface area contributed by atoms with Crippen molar-refractivity contribution < 1.29 is 14.3 Å². The molecule has 3 aromatic carbocycles. The molecule has 0 bridgehead atoms. The minimum Gasteiger partial charge on any atom is -0.497 e. The first kappa shape index (κ1) is 24.1. The Hall–Kier alpha value is -3.60. The Balaban J connectivity index is 1.97. The van der Waals surface area contributed by atoms with Crippen LogP contribution in [0.15, 0.2) is 78.9 Å². The van der Waals surface area contributed by atoms with E-state index < -0.39 is 6.04 Å². The number of amides is 2. The van der Waals surface area contributed by atoms with Gasteiger partial charge >= 0.3 is 0 Å². The Morgan fingerprint density at radius 3 is 2.33 bits per heavy atom. The fraction of sp³-hybridized carbons (Fsp3) is 0.286. The van der Waals surface area contributed by atoms with Crippen LogP contribution >= 0.6 is 0 Å². The number of rotatable bonds is 10. The monoisotopic (exact) mass is 444 g/mol. The molecule has 172 valence electrons. The number of likely N-dealkylation sites (N-methyl/N-ethyl adjacent to an activating group) is 1. The van der Waals surface area contributed by atoms with Crippen molar-refractivity contribution in [1.82, 2.24) is 10.2 Å². The molecule has 33 heavy (non-hydrogen) atoms. The molecule has 3 rings (SSSR count). The van der Waals surface area contributed by atoms with Gasteiger partial charge in [0.15, 0.2) is 0 Å². The molecule has 0 heterocycles. The van der Waals surface area contributed by atoms with Crippen molar-refractivity contribution >= 4 is 11.8 Å². The summed E-state index contributed by atoms with van der Waals surface area (Å²) in [5.74, 6) is 0.484. The molecule has 0 fully saturated rings. The van der Waals surface area contributed by atoms with E-state index in [1.165, 1.54) is 0 Å². The van der Waals surface area contributed by atoms with Crippen LogP contribution in [0.1, 0.15) is 29.2 Å². The van der Waals surface area contributed by atoms with Gasteiger partial charge in [-0.1, -0.05) is 66.7 Å². The molecule has 0 saturated carbocycles. The van der Waals surface area contributed by atoms with Gasteiger partial charge in [0.25, 0.3) is 0 Å². The van der Waals surface area contributed by atoms with Crippen LogP contribution in [-0.4, -0.2) is 36.4 Å². The SMILES string of the molecule is CCNC(=O)C(Cc1ccccc1)N(Cc1cccc(OC)c1)C(=O)Cc1ccccc1C. The second kappa shape index (κ2) is 11.9. The first-order valence-corrected chi connectivity index (χ1v) is 11.3. The molecule has 2 amide bonds. The third-order valence-electron chi connectivity index (χ3n) is 5.71. The Morgan fingerprint density at radius 2 is 1.64 bits per heavy atom. The molecule has 1 unspecified atom stereocenters. The van der Waals surface area contributed by atoms with E-state index in [2.05, 4.69) is 5.32 Å². The second-order valence-electron chi connectivity index (χ2n) is 8.08. The Bertz CT molecular complexity index is 1070. The van der Waals surface area contributed by atoms with Gasteiger partial charge in [-0.3, -0.25) is 9.59 Å². The molecule has 0 aliphatic carbocycles. The maximum Gasteiger partial charge on any atom is 0.243 e. The molecule has 0 spiro atoms. The lowest BCUT2D eigenvalue weighted by Crippen LogP contribution is -2.51. The van der Waals surface area contributed by atoms with Crippen molar-refractivity contribution in [3.05, 3.63) is 101 Å². The predicted octanol–water partition coefficient (Wildman–Crippen LogP) is 4.32. The van der Waals surface area contributed by atoms with Crippen molar-refractivity contribution in [1.29, 1.82) is 0 Å². The summed E-state index contributed by atoms with van der Waals surface area (Å²) in [6, 6.07) is 24.7. The number of hydrogen-bond donors (Lipinski definition) is 1. The highest BCUT2D eigenvalue weighted by molar-refractivity contribution is 5.89. The lowest BCUT2D eigenvalue weighted by atomic mass is 10.00. The predicted molar refractivity (Wildman–Crippen MR) is 131 cm³/mol. The van der Waals surface area contributed by atoms with Crippen LogP contribution in [0.2, 0.25) is 0 Å². The van der Waals surface area contributed by atoms with E-state index >= 15 is 0 Å². The zero-order valence-electron chi connectivity index (χ0n) is 19.6. The largest absolute Gasteiger partial charge is 0.497 e. The number of hydrogen-bond acceptors (Lipinski definition) is 3. The molecular formula is C28H32N2O3. The van der Waals surface area contributed by atoms with Gasteiger partial charge in [0.2, 0.25) is 11.8 Å². The average molecular weight is 445 g/mol. The van der Waals surface area contributed by atoms with E-state index in [9.17, 15) is 9.59 Å². The zero-order chi connectivity index (χ0) is 23.6. The normalized spacial score (nSPS) is 11.5. The van der Waals surface area contributed by atoms with Crippen LogP contribution in [0.3, 0.4) is 0 Å². The Morgan fingerprint density at radius 1 is 0.939 bits per heavy atom. The lowest BCUT2D eigenvalue weighted by Gasteiger charge is -2.32. The highest BCUT2D eigenvalue weighted by Gasteiger charge is 2.30. The topological polar surface area (TPSA) is 58.6 Å². The van der Waals surface area contributed by atoms with E-state index in [1.54, 1.807) is 12.0 Å². The molecule has 0 aromatic heterocycles. The summed E-state index contributed by atoms with van der Waals surface area (Å²) in [4.78, 5) is 28.6. The molecule has 3 aromatic rings. The molecule has 0 radical (unpaired) electrons. The fourth-order valence-corrected chi connectivity index (χ4v) is 3.89. The fourth-order valence-electron chi connectivity index (χ4n) is 3.89. The van der Waals surface area contributed by atoms with E-state index in [0.717, 1.165) is 28.0 Å². The number of ether oxygens (including phenoxy) is 1. The third kappa shape index (κ3) is 6.69. The van der Waals surface area contributed by atoms with Crippen LogP contribution < -0.4 is 10.1 Å². The van der Waals surface area contributed by atoms with E-state index in [4.69, 9.17) is 4.74 Å². The Labute approximate surface area is 196 Å². The summed E-state index contributed by atoms with van der Waals surface area (Å²) in [5.41, 5.74) is 3.94. The van der Waals surface area contributed by atoms with Gasteiger partial charge in [0.05, 0.1) is 13.5 Å². The molecule has 1 atom stereocenters. The number of nitrogens with zero attached hydrogens (tertiary/aromatic N) is 1. The molecule has 0 aliphatic heterocycles. The van der Waals surface area contributed by atoms with Gasteiger partial charge in [0.1, 0.15) is 11.8 Å². The first-order valence-electron chi connectivity index (χ1n) is 11.3. The summed E-state index contributed by atoms with van der Waals surface area (Å²) >= 11 is 0. The van der Waals surface area contributed by atoms with Crippen molar-refractivity contribution in [3.63, 3.8) is 0 Å². The van der Waals surface area contributed by atoms with Crippen LogP contribution in [0.4, 0.5) is 0 Å². The van der Waals surface area contributed by atoms with E-state index in [0.29, 0.717) is 19.5 Å². The molecule has 0 aliphatic rings. The summed E-state index contributed by atoms with van der Waals surface area (Å²) in [6.07, 6.45) is 0.678. The summed E-state index contributed by atoms with van der Waals surface area (Å²) in [5, 5.41) is 2.93. The van der Waals surface area contributed by atoms with Crippen molar-refractivity contribution in [2.45, 2.75) is 39.3 Å². The highest BCUT2D eigenvalue weighted by Crippen LogP contribution is 2.20. The summed E-state index contributed by atoms with van der Waals surface area (Å²) in [6.45, 7) is 4.71. The number of benzene rings is 3. The van der Waals surface area contributed by atoms with Gasteiger partial charge < -0.3 is 15.0 Å². The zero-order valence-corrected chi connectivity index (χ0v) is 19.6. The maximum absolute atomic E-state index is 13.7. The number of nitrogens with one attached hydrogen (secondary N) is 1. The van der Waals surface area contributed by atoms with Gasteiger partial charge in [-0.2, -0.15) is 0 Å². The second-order valence-corrected chi connectivity index (χ2v) is 8.08. The standard InChI is InChI=1S/C28H32N2O3/c1-4-29-28(32)26(18-22-12-6-5-7-13-22)30(20-23-14-10-16-25(17-23)33-3)27(31)19-24-15-9-8-11-21(24)2/h5-17,26H,4,18-20H2,1-3H3,(H,29,32). The van der Waals surface area contributed by atoms with Crippen molar-refractivity contribution in [2.75, 3.05) is 13.7 Å². The Kier molecular flexibility index (Phi) is 8.64. The van der Waals surface area contributed by atoms with Gasteiger partial charge in [-0.05, 0) is 48.2 Å². The number of methoxy groups -OCH3 is 1. The van der Waals surface area contributed by atoms with Gasteiger partial charge in [-0.25, -0.2) is 0 Å². The average Bonchev–Trinajstić information content (AvgIpc) is 2.83. The highest BCUT2D eigenvalue weighted by atomic mass is 16.5. The molecular weight excluding hydrogens is 412 g/mol. The summed E-state index contributed by atoms with van der Waals surface area (Å²) in [7, 11) is 1.62.